The van der Waals surface area contributed by atoms with Gasteiger partial charge in [0.2, 0.25) is 5.88 Å². The summed E-state index contributed by atoms with van der Waals surface area (Å²) in [5, 5.41) is 0. The van der Waals surface area contributed by atoms with Crippen LogP contribution in [0.25, 0.3) is 0 Å². The van der Waals surface area contributed by atoms with Gasteiger partial charge in [-0.3, -0.25) is 0 Å². The third kappa shape index (κ3) is 5.29. The summed E-state index contributed by atoms with van der Waals surface area (Å²) in [7, 11) is 1.64. The minimum atomic E-state index is 0.216. The first-order valence-electron chi connectivity index (χ1n) is 5.97. The molecule has 0 aromatic carbocycles. The van der Waals surface area contributed by atoms with Gasteiger partial charge in [-0.2, -0.15) is 4.98 Å². The first-order chi connectivity index (χ1) is 8.63. The minimum absolute atomic E-state index is 0.216. The second-order valence-electron chi connectivity index (χ2n) is 4.10. The van der Waals surface area contributed by atoms with Gasteiger partial charge in [-0.05, 0) is 0 Å². The number of hydrogen-bond acceptors (Lipinski definition) is 6. The zero-order chi connectivity index (χ0) is 13.4. The van der Waals surface area contributed by atoms with E-state index in [1.54, 1.807) is 13.2 Å². The van der Waals surface area contributed by atoms with E-state index in [9.17, 15) is 0 Å². The maximum absolute atomic E-state index is 5.69. The van der Waals surface area contributed by atoms with Crippen LogP contribution in [-0.4, -0.2) is 43.5 Å². The SMILES string of the molecule is COCCOCCOc1cc(N)nc(C(C)C)n1. The molecule has 0 amide bonds. The number of nitrogens with zero attached hydrogens (tertiary/aromatic N) is 2. The number of anilines is 1. The fourth-order valence-electron chi connectivity index (χ4n) is 1.24. The Morgan fingerprint density at radius 1 is 1.17 bits per heavy atom. The molecule has 0 saturated carbocycles. The van der Waals surface area contributed by atoms with Gasteiger partial charge < -0.3 is 19.9 Å². The fraction of sp³-hybridized carbons (Fsp3) is 0.667. The highest BCUT2D eigenvalue weighted by atomic mass is 16.5. The van der Waals surface area contributed by atoms with Gasteiger partial charge in [0.1, 0.15) is 18.2 Å². The lowest BCUT2D eigenvalue weighted by Crippen LogP contribution is -2.11. The van der Waals surface area contributed by atoms with E-state index in [2.05, 4.69) is 9.97 Å². The van der Waals surface area contributed by atoms with Crippen molar-refractivity contribution >= 4 is 5.82 Å². The summed E-state index contributed by atoms with van der Waals surface area (Å²) in [5.41, 5.74) is 5.69. The fourth-order valence-corrected chi connectivity index (χ4v) is 1.24. The highest BCUT2D eigenvalue weighted by molar-refractivity contribution is 5.33. The maximum atomic E-state index is 5.69. The predicted molar refractivity (Wildman–Crippen MR) is 68.7 cm³/mol. The molecule has 0 fully saturated rings. The van der Waals surface area contributed by atoms with Crippen molar-refractivity contribution in [3.05, 3.63) is 11.9 Å². The number of aromatic nitrogens is 2. The summed E-state index contributed by atoms with van der Waals surface area (Å²) in [6.45, 7) is 6.07. The second kappa shape index (κ2) is 7.84. The van der Waals surface area contributed by atoms with Gasteiger partial charge in [-0.1, -0.05) is 13.8 Å². The molecule has 0 spiro atoms. The Morgan fingerprint density at radius 2 is 1.89 bits per heavy atom. The Balaban J connectivity index is 2.37. The number of nitrogens with two attached hydrogens (primary N) is 1. The van der Waals surface area contributed by atoms with E-state index in [4.69, 9.17) is 19.9 Å². The molecule has 0 saturated heterocycles. The second-order valence-corrected chi connectivity index (χ2v) is 4.10. The molecule has 6 heteroatoms. The highest BCUT2D eigenvalue weighted by Crippen LogP contribution is 2.16. The normalized spacial score (nSPS) is 10.9. The van der Waals surface area contributed by atoms with Crippen LogP contribution >= 0.6 is 0 Å². The van der Waals surface area contributed by atoms with Crippen molar-refractivity contribution in [2.24, 2.45) is 0 Å². The zero-order valence-corrected chi connectivity index (χ0v) is 11.2. The molecule has 0 radical (unpaired) electrons. The van der Waals surface area contributed by atoms with Crippen LogP contribution in [0.4, 0.5) is 5.82 Å². The molecule has 6 nitrogen and oxygen atoms in total. The monoisotopic (exact) mass is 255 g/mol. The average molecular weight is 255 g/mol. The number of rotatable bonds is 8. The molecular formula is C12H21N3O3. The zero-order valence-electron chi connectivity index (χ0n) is 11.2. The van der Waals surface area contributed by atoms with Gasteiger partial charge in [0.15, 0.2) is 0 Å². The smallest absolute Gasteiger partial charge is 0.218 e. The number of nitrogen functional groups attached to an aromatic ring is 1. The largest absolute Gasteiger partial charge is 0.475 e. The summed E-state index contributed by atoms with van der Waals surface area (Å²) in [6.07, 6.45) is 0. The summed E-state index contributed by atoms with van der Waals surface area (Å²) in [4.78, 5) is 8.41. The van der Waals surface area contributed by atoms with E-state index in [0.717, 1.165) is 0 Å². The maximum Gasteiger partial charge on any atom is 0.218 e. The molecule has 0 aliphatic heterocycles. The van der Waals surface area contributed by atoms with E-state index in [-0.39, 0.29) is 5.92 Å². The molecule has 1 rings (SSSR count). The molecule has 0 unspecified atom stereocenters. The van der Waals surface area contributed by atoms with E-state index >= 15 is 0 Å². The van der Waals surface area contributed by atoms with Crippen LogP contribution in [0.5, 0.6) is 5.88 Å². The summed E-state index contributed by atoms with van der Waals surface area (Å²) >= 11 is 0. The molecule has 2 N–H and O–H groups in total. The van der Waals surface area contributed by atoms with Crippen molar-refractivity contribution in [3.63, 3.8) is 0 Å². The van der Waals surface area contributed by atoms with Crippen LogP contribution in [0.2, 0.25) is 0 Å². The van der Waals surface area contributed by atoms with Gasteiger partial charge in [0, 0.05) is 19.1 Å². The first-order valence-corrected chi connectivity index (χ1v) is 5.97. The summed E-state index contributed by atoms with van der Waals surface area (Å²) in [6, 6.07) is 1.61. The Kier molecular flexibility index (Phi) is 6.38. The molecule has 0 aliphatic carbocycles. The topological polar surface area (TPSA) is 79.5 Å². The van der Waals surface area contributed by atoms with Crippen LogP contribution in [0.1, 0.15) is 25.6 Å². The van der Waals surface area contributed by atoms with E-state index in [0.29, 0.717) is 43.9 Å². The average Bonchev–Trinajstić information content (AvgIpc) is 2.33. The molecule has 1 aromatic heterocycles. The molecular weight excluding hydrogens is 234 g/mol. The van der Waals surface area contributed by atoms with Crippen molar-refractivity contribution in [1.82, 2.24) is 9.97 Å². The molecule has 102 valence electrons. The molecule has 1 heterocycles. The van der Waals surface area contributed by atoms with Crippen molar-refractivity contribution in [2.45, 2.75) is 19.8 Å². The Bertz CT molecular complexity index is 358. The van der Waals surface area contributed by atoms with Crippen LogP contribution in [0, 0.1) is 0 Å². The van der Waals surface area contributed by atoms with Gasteiger partial charge in [-0.25, -0.2) is 4.98 Å². The molecule has 1 aromatic rings. The van der Waals surface area contributed by atoms with Gasteiger partial charge >= 0.3 is 0 Å². The van der Waals surface area contributed by atoms with Gasteiger partial charge in [-0.15, -0.1) is 0 Å². The van der Waals surface area contributed by atoms with Crippen LogP contribution < -0.4 is 10.5 Å². The van der Waals surface area contributed by atoms with E-state index in [1.165, 1.54) is 0 Å². The lowest BCUT2D eigenvalue weighted by molar-refractivity contribution is 0.0536. The molecule has 0 atom stereocenters. The van der Waals surface area contributed by atoms with Crippen molar-refractivity contribution < 1.29 is 14.2 Å². The lowest BCUT2D eigenvalue weighted by atomic mass is 10.2. The third-order valence-corrected chi connectivity index (χ3v) is 2.17. The van der Waals surface area contributed by atoms with Crippen molar-refractivity contribution in [3.8, 4) is 5.88 Å². The lowest BCUT2D eigenvalue weighted by Gasteiger charge is -2.09. The molecule has 0 bridgehead atoms. The molecule has 0 aliphatic rings. The summed E-state index contributed by atoms with van der Waals surface area (Å²) < 4.78 is 15.6. The van der Waals surface area contributed by atoms with Crippen LogP contribution in [-0.2, 0) is 9.47 Å². The summed E-state index contributed by atoms with van der Waals surface area (Å²) in [5.74, 6) is 1.81. The van der Waals surface area contributed by atoms with Crippen molar-refractivity contribution in [2.75, 3.05) is 39.3 Å². The van der Waals surface area contributed by atoms with E-state index < -0.39 is 0 Å². The number of methoxy groups -OCH3 is 1. The Labute approximate surface area is 107 Å². The standard InChI is InChI=1S/C12H21N3O3/c1-9(2)12-14-10(13)8-11(15-12)18-7-6-17-5-4-16-3/h8-9H,4-7H2,1-3H3,(H2,13,14,15). The van der Waals surface area contributed by atoms with Crippen LogP contribution in [0.3, 0.4) is 0 Å². The third-order valence-electron chi connectivity index (χ3n) is 2.17. The first kappa shape index (κ1) is 14.7. The van der Waals surface area contributed by atoms with Crippen LogP contribution in [0.15, 0.2) is 6.07 Å². The molecule has 18 heavy (non-hydrogen) atoms. The number of hydrogen-bond donors (Lipinski definition) is 1. The van der Waals surface area contributed by atoms with Crippen molar-refractivity contribution in [1.29, 1.82) is 0 Å². The van der Waals surface area contributed by atoms with Gasteiger partial charge in [0.25, 0.3) is 0 Å². The minimum Gasteiger partial charge on any atom is -0.475 e. The quantitative estimate of drug-likeness (QED) is 0.704. The number of ether oxygens (including phenoxy) is 3. The predicted octanol–water partition coefficient (Wildman–Crippen LogP) is 1.22. The van der Waals surface area contributed by atoms with Gasteiger partial charge in [0.05, 0.1) is 19.8 Å². The highest BCUT2D eigenvalue weighted by Gasteiger charge is 2.07. The Hall–Kier alpha value is -1.40. The van der Waals surface area contributed by atoms with E-state index in [1.807, 2.05) is 13.8 Å². The Morgan fingerprint density at radius 3 is 2.56 bits per heavy atom.